The Morgan fingerprint density at radius 2 is 1.31 bits per heavy atom. The first-order valence-corrected chi connectivity index (χ1v) is 7.50. The smallest absolute Gasteiger partial charge is 0.365 e. The van der Waals surface area contributed by atoms with Crippen LogP contribution >= 0.6 is 19.0 Å². The SMILES string of the molecule is c1ccc(SP2Oc3ccccc3O2)cc1. The van der Waals surface area contributed by atoms with Crippen LogP contribution in [-0.4, -0.2) is 0 Å². The lowest BCUT2D eigenvalue weighted by Gasteiger charge is -2.06. The van der Waals surface area contributed by atoms with Gasteiger partial charge in [-0.3, -0.25) is 0 Å². The van der Waals surface area contributed by atoms with Crippen molar-refractivity contribution in [2.24, 2.45) is 0 Å². The fourth-order valence-electron chi connectivity index (χ4n) is 1.38. The third-order valence-electron chi connectivity index (χ3n) is 2.12. The molecule has 0 unspecified atom stereocenters. The standard InChI is InChI=1S/C12H9O2PS/c1-2-6-10(7-3-1)16-15-13-11-8-4-5-9-12(11)14-15/h1-9H. The third kappa shape index (κ3) is 2.01. The van der Waals surface area contributed by atoms with E-state index in [-0.39, 0.29) is 0 Å². The lowest BCUT2D eigenvalue weighted by atomic mass is 10.3. The van der Waals surface area contributed by atoms with Gasteiger partial charge in [-0.05, 0) is 35.6 Å². The van der Waals surface area contributed by atoms with Gasteiger partial charge in [0.1, 0.15) is 0 Å². The highest BCUT2D eigenvalue weighted by atomic mass is 32.7. The molecule has 80 valence electrons. The van der Waals surface area contributed by atoms with E-state index in [1.807, 2.05) is 42.5 Å². The predicted molar refractivity (Wildman–Crippen MR) is 66.9 cm³/mol. The molecule has 2 aromatic rings. The number of benzene rings is 2. The Morgan fingerprint density at radius 1 is 0.750 bits per heavy atom. The summed E-state index contributed by atoms with van der Waals surface area (Å²) in [7, 11) is -0.932. The van der Waals surface area contributed by atoms with Gasteiger partial charge in [0.25, 0.3) is 0 Å². The summed E-state index contributed by atoms with van der Waals surface area (Å²) in [5.41, 5.74) is 0. The molecule has 3 rings (SSSR count). The predicted octanol–water partition coefficient (Wildman–Crippen LogP) is 4.48. The Labute approximate surface area is 99.3 Å². The first-order valence-electron chi connectivity index (χ1n) is 4.90. The molecule has 1 heterocycles. The van der Waals surface area contributed by atoms with Crippen molar-refractivity contribution in [3.8, 4) is 11.5 Å². The quantitative estimate of drug-likeness (QED) is 0.730. The minimum Gasteiger partial charge on any atom is -0.427 e. The molecular weight excluding hydrogens is 239 g/mol. The van der Waals surface area contributed by atoms with Crippen molar-refractivity contribution in [1.82, 2.24) is 0 Å². The Hall–Kier alpha value is -1.18. The van der Waals surface area contributed by atoms with Gasteiger partial charge in [0.05, 0.1) is 0 Å². The Kier molecular flexibility index (Phi) is 2.73. The number of para-hydroxylation sites is 2. The van der Waals surface area contributed by atoms with Crippen LogP contribution in [0.2, 0.25) is 0 Å². The molecule has 0 N–H and O–H groups in total. The van der Waals surface area contributed by atoms with Crippen LogP contribution in [0.15, 0.2) is 59.5 Å². The lowest BCUT2D eigenvalue weighted by Crippen LogP contribution is -1.79. The largest absolute Gasteiger partial charge is 0.427 e. The molecule has 0 radical (unpaired) electrons. The van der Waals surface area contributed by atoms with Gasteiger partial charge in [-0.2, -0.15) is 0 Å². The van der Waals surface area contributed by atoms with Gasteiger partial charge in [0.2, 0.25) is 0 Å². The van der Waals surface area contributed by atoms with Gasteiger partial charge in [-0.1, -0.05) is 30.3 Å². The topological polar surface area (TPSA) is 18.5 Å². The molecule has 0 aromatic heterocycles. The molecule has 0 fully saturated rings. The van der Waals surface area contributed by atoms with Crippen LogP contribution in [-0.2, 0) is 0 Å². The third-order valence-corrected chi connectivity index (χ3v) is 4.97. The van der Waals surface area contributed by atoms with Crippen molar-refractivity contribution >= 4 is 19.0 Å². The van der Waals surface area contributed by atoms with Crippen molar-refractivity contribution in [2.45, 2.75) is 4.90 Å². The summed E-state index contributed by atoms with van der Waals surface area (Å²) < 4.78 is 11.4. The van der Waals surface area contributed by atoms with Crippen LogP contribution in [0, 0.1) is 0 Å². The van der Waals surface area contributed by atoms with Gasteiger partial charge < -0.3 is 9.05 Å². The molecule has 0 amide bonds. The van der Waals surface area contributed by atoms with Gasteiger partial charge in [-0.25, -0.2) is 0 Å². The average Bonchev–Trinajstić information content (AvgIpc) is 2.72. The van der Waals surface area contributed by atoms with Crippen LogP contribution in [0.4, 0.5) is 0 Å². The fourth-order valence-corrected chi connectivity index (χ4v) is 4.16. The van der Waals surface area contributed by atoms with Gasteiger partial charge >= 0.3 is 7.58 Å². The van der Waals surface area contributed by atoms with Gasteiger partial charge in [-0.15, -0.1) is 0 Å². The van der Waals surface area contributed by atoms with Crippen molar-refractivity contribution in [2.75, 3.05) is 0 Å². The highest BCUT2D eigenvalue weighted by molar-refractivity contribution is 8.53. The molecule has 2 aromatic carbocycles. The lowest BCUT2D eigenvalue weighted by molar-refractivity contribution is 0.596. The summed E-state index contributed by atoms with van der Waals surface area (Å²) in [6.07, 6.45) is 0. The summed E-state index contributed by atoms with van der Waals surface area (Å²) in [6, 6.07) is 17.9. The highest BCUT2D eigenvalue weighted by Crippen LogP contribution is 2.61. The minimum absolute atomic E-state index is 0.844. The monoisotopic (exact) mass is 248 g/mol. The van der Waals surface area contributed by atoms with Crippen molar-refractivity contribution in [3.05, 3.63) is 54.6 Å². The van der Waals surface area contributed by atoms with Crippen LogP contribution in [0.1, 0.15) is 0 Å². The number of rotatable bonds is 2. The molecule has 0 saturated heterocycles. The van der Waals surface area contributed by atoms with Crippen molar-refractivity contribution in [3.63, 3.8) is 0 Å². The van der Waals surface area contributed by atoms with Gasteiger partial charge in [0.15, 0.2) is 11.5 Å². The van der Waals surface area contributed by atoms with Crippen molar-refractivity contribution in [1.29, 1.82) is 0 Å². The van der Waals surface area contributed by atoms with E-state index in [0.717, 1.165) is 11.5 Å². The zero-order chi connectivity index (χ0) is 10.8. The van der Waals surface area contributed by atoms with E-state index in [4.69, 9.17) is 9.05 Å². The van der Waals surface area contributed by atoms with Crippen LogP contribution in [0.3, 0.4) is 0 Å². The molecule has 16 heavy (non-hydrogen) atoms. The zero-order valence-electron chi connectivity index (χ0n) is 8.37. The summed E-state index contributed by atoms with van der Waals surface area (Å²) in [4.78, 5) is 1.17. The van der Waals surface area contributed by atoms with Crippen LogP contribution in [0.5, 0.6) is 11.5 Å². The second-order valence-electron chi connectivity index (χ2n) is 3.26. The summed E-state index contributed by atoms with van der Waals surface area (Å²) in [6.45, 7) is 0. The van der Waals surface area contributed by atoms with Crippen molar-refractivity contribution < 1.29 is 9.05 Å². The van der Waals surface area contributed by atoms with E-state index >= 15 is 0 Å². The average molecular weight is 248 g/mol. The van der Waals surface area contributed by atoms with E-state index in [0.29, 0.717) is 0 Å². The van der Waals surface area contributed by atoms with E-state index in [1.165, 1.54) is 4.90 Å². The maximum absolute atomic E-state index is 5.72. The molecule has 2 nitrogen and oxygen atoms in total. The van der Waals surface area contributed by atoms with Crippen LogP contribution in [0.25, 0.3) is 0 Å². The summed E-state index contributed by atoms with van der Waals surface area (Å²) in [5, 5.41) is 0. The van der Waals surface area contributed by atoms with E-state index < -0.39 is 7.58 Å². The Bertz CT molecular complexity index is 464. The molecule has 0 spiro atoms. The number of fused-ring (bicyclic) bond motifs is 1. The maximum Gasteiger partial charge on any atom is 0.365 e. The van der Waals surface area contributed by atoms with Gasteiger partial charge in [0, 0.05) is 4.90 Å². The molecular formula is C12H9O2PS. The molecule has 1 aliphatic rings. The normalized spacial score (nSPS) is 14.0. The molecule has 1 aliphatic heterocycles. The first kappa shape index (κ1) is 10.0. The fraction of sp³-hybridized carbons (Fsp3) is 0. The summed E-state index contributed by atoms with van der Waals surface area (Å²) in [5.74, 6) is 1.69. The Morgan fingerprint density at radius 3 is 1.94 bits per heavy atom. The molecule has 0 saturated carbocycles. The first-order chi connectivity index (χ1) is 7.92. The minimum atomic E-state index is -0.932. The van der Waals surface area contributed by atoms with E-state index in [9.17, 15) is 0 Å². The number of hydrogen-bond donors (Lipinski definition) is 0. The number of hydrogen-bond acceptors (Lipinski definition) is 3. The Balaban J connectivity index is 1.73. The molecule has 0 aliphatic carbocycles. The molecule has 0 atom stereocenters. The maximum atomic E-state index is 5.72. The van der Waals surface area contributed by atoms with Crippen LogP contribution < -0.4 is 9.05 Å². The molecule has 0 bridgehead atoms. The highest BCUT2D eigenvalue weighted by Gasteiger charge is 2.26. The van der Waals surface area contributed by atoms with E-state index in [2.05, 4.69) is 12.1 Å². The zero-order valence-corrected chi connectivity index (χ0v) is 10.1. The summed E-state index contributed by atoms with van der Waals surface area (Å²) >= 11 is 1.63. The second-order valence-corrected chi connectivity index (χ2v) is 6.17. The second kappa shape index (κ2) is 4.36. The van der Waals surface area contributed by atoms with E-state index in [1.54, 1.807) is 11.4 Å². The molecule has 4 heteroatoms.